The molecule has 1 aromatic heterocycles. The minimum atomic E-state index is 0.462. The van der Waals surface area contributed by atoms with Crippen LogP contribution in [0, 0.1) is 13.8 Å². The van der Waals surface area contributed by atoms with Gasteiger partial charge in [-0.25, -0.2) is 0 Å². The molecule has 0 fully saturated rings. The predicted molar refractivity (Wildman–Crippen MR) is 127 cm³/mol. The number of aromatic nitrogens is 1. The van der Waals surface area contributed by atoms with Crippen molar-refractivity contribution in [3.8, 4) is 5.69 Å². The molecule has 3 rings (SSSR count). The monoisotopic (exact) mass is 404 g/mol. The Morgan fingerprint density at radius 2 is 1.79 bits per heavy atom. The zero-order chi connectivity index (χ0) is 20.6. The molecule has 0 radical (unpaired) electrons. The maximum Gasteiger partial charge on any atom is 0.191 e. The molecule has 0 aliphatic rings. The van der Waals surface area contributed by atoms with E-state index >= 15 is 0 Å². The molecule has 5 heteroatoms. The Hall–Kier alpha value is -2.92. The molecule has 29 heavy (non-hydrogen) atoms. The summed E-state index contributed by atoms with van der Waals surface area (Å²) in [5, 5.41) is 7.87. The Balaban J connectivity index is 1.67. The van der Waals surface area contributed by atoms with Gasteiger partial charge in [-0.3, -0.25) is 5.43 Å². The third kappa shape index (κ3) is 5.55. The third-order valence-electron chi connectivity index (χ3n) is 4.89. The van der Waals surface area contributed by atoms with Gasteiger partial charge >= 0.3 is 0 Å². The first-order chi connectivity index (χ1) is 14.1. The molecule has 0 amide bonds. The van der Waals surface area contributed by atoms with Gasteiger partial charge in [0.05, 0.1) is 6.21 Å². The molecule has 1 heterocycles. The average Bonchev–Trinajstić information content (AvgIpc) is 3.01. The van der Waals surface area contributed by atoms with E-state index in [-0.39, 0.29) is 0 Å². The molecule has 0 saturated carbocycles. The van der Waals surface area contributed by atoms with Crippen molar-refractivity contribution >= 4 is 29.2 Å². The topological polar surface area (TPSA) is 41.4 Å². The Bertz CT molecular complexity index is 972. The minimum absolute atomic E-state index is 0.462. The number of benzene rings is 2. The normalized spacial score (nSPS) is 11.0. The first kappa shape index (κ1) is 20.8. The lowest BCUT2D eigenvalue weighted by atomic mass is 10.1. The zero-order valence-corrected chi connectivity index (χ0v) is 18.1. The molecule has 0 unspecified atom stereocenters. The molecule has 0 atom stereocenters. The van der Waals surface area contributed by atoms with Crippen molar-refractivity contribution in [2.24, 2.45) is 5.10 Å². The van der Waals surface area contributed by atoms with E-state index in [0.717, 1.165) is 23.4 Å². The van der Waals surface area contributed by atoms with Crippen molar-refractivity contribution in [1.82, 2.24) is 9.99 Å². The van der Waals surface area contributed by atoms with Gasteiger partial charge in [-0.05, 0) is 74.8 Å². The number of hydrogen-bond acceptors (Lipinski definition) is 2. The van der Waals surface area contributed by atoms with Crippen molar-refractivity contribution in [1.29, 1.82) is 0 Å². The van der Waals surface area contributed by atoms with E-state index in [2.05, 4.69) is 71.5 Å². The van der Waals surface area contributed by atoms with Crippen LogP contribution in [0.4, 0.5) is 5.69 Å². The Labute approximate surface area is 178 Å². The molecular weight excluding hydrogens is 376 g/mol. The first-order valence-electron chi connectivity index (χ1n) is 10.0. The van der Waals surface area contributed by atoms with E-state index in [0.29, 0.717) is 5.11 Å². The quantitative estimate of drug-likeness (QED) is 0.299. The number of hydrogen-bond donors (Lipinski definition) is 2. The highest BCUT2D eigenvalue weighted by Crippen LogP contribution is 2.20. The van der Waals surface area contributed by atoms with Gasteiger partial charge in [0.15, 0.2) is 5.11 Å². The Kier molecular flexibility index (Phi) is 7.19. The smallest absolute Gasteiger partial charge is 0.191 e. The molecule has 0 aliphatic carbocycles. The van der Waals surface area contributed by atoms with Gasteiger partial charge in [-0.2, -0.15) is 5.10 Å². The van der Waals surface area contributed by atoms with Crippen LogP contribution in [0.15, 0.2) is 65.8 Å². The number of aryl methyl sites for hydroxylation is 2. The number of para-hydroxylation sites is 1. The van der Waals surface area contributed by atoms with Crippen LogP contribution < -0.4 is 10.7 Å². The van der Waals surface area contributed by atoms with Crippen LogP contribution in [0.3, 0.4) is 0 Å². The van der Waals surface area contributed by atoms with Crippen molar-refractivity contribution in [2.75, 3.05) is 5.32 Å². The van der Waals surface area contributed by atoms with E-state index in [9.17, 15) is 0 Å². The summed E-state index contributed by atoms with van der Waals surface area (Å²) < 4.78 is 2.26. The van der Waals surface area contributed by atoms with Gasteiger partial charge < -0.3 is 9.88 Å². The van der Waals surface area contributed by atoms with Crippen molar-refractivity contribution in [3.63, 3.8) is 0 Å². The lowest BCUT2D eigenvalue weighted by Gasteiger charge is -2.10. The van der Waals surface area contributed by atoms with Crippen molar-refractivity contribution in [2.45, 2.75) is 40.0 Å². The summed E-state index contributed by atoms with van der Waals surface area (Å²) in [6.45, 7) is 6.45. The lowest BCUT2D eigenvalue weighted by Crippen LogP contribution is -2.23. The molecule has 2 N–H and O–H groups in total. The number of unbranched alkanes of at least 4 members (excludes halogenated alkanes) is 1. The van der Waals surface area contributed by atoms with Gasteiger partial charge in [0.25, 0.3) is 0 Å². The maximum atomic E-state index is 5.29. The molecular formula is C24H28N4S. The van der Waals surface area contributed by atoms with E-state index in [1.54, 1.807) is 0 Å². The van der Waals surface area contributed by atoms with Gasteiger partial charge in [0.1, 0.15) is 0 Å². The SMILES string of the molecule is CCCCc1ccc(-n2c(C)cc(C=NNC(=S)Nc3ccccc3)c2C)cc1. The Morgan fingerprint density at radius 3 is 2.48 bits per heavy atom. The fraction of sp³-hybridized carbons (Fsp3) is 0.250. The fourth-order valence-corrected chi connectivity index (χ4v) is 3.52. The highest BCUT2D eigenvalue weighted by Gasteiger charge is 2.09. The second-order valence-corrected chi connectivity index (χ2v) is 7.53. The van der Waals surface area contributed by atoms with Gasteiger partial charge in [0, 0.05) is 28.3 Å². The van der Waals surface area contributed by atoms with Gasteiger partial charge in [-0.15, -0.1) is 0 Å². The van der Waals surface area contributed by atoms with Crippen LogP contribution in [0.5, 0.6) is 0 Å². The van der Waals surface area contributed by atoms with Crippen LogP contribution in [-0.2, 0) is 6.42 Å². The van der Waals surface area contributed by atoms with E-state index in [4.69, 9.17) is 12.2 Å². The standard InChI is InChI=1S/C24H28N4S/c1-4-5-9-20-12-14-23(15-13-20)28-18(2)16-21(19(28)3)17-25-27-24(29)26-22-10-7-6-8-11-22/h6-8,10-17H,4-5,9H2,1-3H3,(H2,26,27,29). The summed E-state index contributed by atoms with van der Waals surface area (Å²) in [5.74, 6) is 0. The Morgan fingerprint density at radius 1 is 1.07 bits per heavy atom. The minimum Gasteiger partial charge on any atom is -0.331 e. The van der Waals surface area contributed by atoms with Crippen molar-refractivity contribution < 1.29 is 0 Å². The van der Waals surface area contributed by atoms with Crippen molar-refractivity contribution in [3.05, 3.63) is 83.2 Å². The summed E-state index contributed by atoms with van der Waals surface area (Å²) in [4.78, 5) is 0. The highest BCUT2D eigenvalue weighted by atomic mass is 32.1. The summed E-state index contributed by atoms with van der Waals surface area (Å²) in [6, 6.07) is 20.8. The lowest BCUT2D eigenvalue weighted by molar-refractivity contribution is 0.794. The van der Waals surface area contributed by atoms with E-state index in [1.165, 1.54) is 29.8 Å². The van der Waals surface area contributed by atoms with Crippen LogP contribution in [0.25, 0.3) is 5.69 Å². The van der Waals surface area contributed by atoms with E-state index < -0.39 is 0 Å². The number of thiocarbonyl (C=S) groups is 1. The molecule has 3 aromatic rings. The van der Waals surface area contributed by atoms with Crippen LogP contribution in [0.1, 0.15) is 42.3 Å². The maximum absolute atomic E-state index is 5.29. The molecule has 4 nitrogen and oxygen atoms in total. The number of rotatable bonds is 7. The molecule has 150 valence electrons. The van der Waals surface area contributed by atoms with Crippen LogP contribution >= 0.6 is 12.2 Å². The van der Waals surface area contributed by atoms with Crippen LogP contribution in [-0.4, -0.2) is 15.9 Å². The number of nitrogens with one attached hydrogen (secondary N) is 2. The second-order valence-electron chi connectivity index (χ2n) is 7.12. The molecule has 0 saturated heterocycles. The van der Waals surface area contributed by atoms with E-state index in [1.807, 2.05) is 36.5 Å². The highest BCUT2D eigenvalue weighted by molar-refractivity contribution is 7.80. The third-order valence-corrected chi connectivity index (χ3v) is 5.08. The summed E-state index contributed by atoms with van der Waals surface area (Å²) >= 11 is 5.29. The largest absolute Gasteiger partial charge is 0.331 e. The zero-order valence-electron chi connectivity index (χ0n) is 17.3. The molecule has 0 aliphatic heterocycles. The summed E-state index contributed by atoms with van der Waals surface area (Å²) in [6.07, 6.45) is 5.41. The second kappa shape index (κ2) is 10.0. The molecule has 0 bridgehead atoms. The summed E-state index contributed by atoms with van der Waals surface area (Å²) in [5.41, 5.74) is 9.77. The molecule has 2 aromatic carbocycles. The summed E-state index contributed by atoms with van der Waals surface area (Å²) in [7, 11) is 0. The fourth-order valence-electron chi connectivity index (χ4n) is 3.35. The van der Waals surface area contributed by atoms with Gasteiger partial charge in [-0.1, -0.05) is 43.7 Å². The number of nitrogens with zero attached hydrogens (tertiary/aromatic N) is 2. The molecule has 0 spiro atoms. The predicted octanol–water partition coefficient (Wildman–Crippen LogP) is 5.76. The number of anilines is 1. The number of hydrazone groups is 1. The van der Waals surface area contributed by atoms with Crippen LogP contribution in [0.2, 0.25) is 0 Å². The average molecular weight is 405 g/mol. The van der Waals surface area contributed by atoms with Gasteiger partial charge in [0.2, 0.25) is 0 Å². The first-order valence-corrected chi connectivity index (χ1v) is 10.4.